The Morgan fingerprint density at radius 3 is 2.36 bits per heavy atom. The number of alkyl halides is 1. The molecule has 3 heterocycles. The Kier molecular flexibility index (Phi) is 8.04. The molecule has 3 aliphatic rings. The third-order valence-corrected chi connectivity index (χ3v) is 11.9. The van der Waals surface area contributed by atoms with E-state index in [1.54, 1.807) is 48.0 Å². The molecular weight excluding hydrogens is 618 g/mol. The fraction of sp³-hybridized carbons (Fsp3) is 0.344. The minimum atomic E-state index is -0.906. The number of nitrogens with one attached hydrogen (secondary N) is 2. The van der Waals surface area contributed by atoms with Gasteiger partial charge in [0, 0.05) is 22.3 Å². The third-order valence-electron chi connectivity index (χ3n) is 8.64. The maximum atomic E-state index is 14.5. The Labute approximate surface area is 257 Å². The zero-order valence-electron chi connectivity index (χ0n) is 23.0. The summed E-state index contributed by atoms with van der Waals surface area (Å²) in [4.78, 5) is 44.0. The number of likely N-dealkylation sites (tertiary alicyclic amines) is 1. The molecule has 3 amide bonds. The number of aliphatic hydroxyl groups excluding tert-OH is 1. The average molecular weight is 651 g/mol. The first kappa shape index (κ1) is 28.8. The minimum Gasteiger partial charge on any atom is -0.497 e. The number of fused-ring (bicyclic) bond motifs is 1. The molecule has 6 rings (SSSR count). The van der Waals surface area contributed by atoms with Crippen LogP contribution in [-0.2, 0) is 20.9 Å². The number of thioether (sulfide) groups is 1. The number of hydrogen-bond acceptors (Lipinski definition) is 6. The van der Waals surface area contributed by atoms with Gasteiger partial charge in [0.1, 0.15) is 11.8 Å². The quantitative estimate of drug-likeness (QED) is 0.301. The molecule has 8 nitrogen and oxygen atoms in total. The first-order valence-electron chi connectivity index (χ1n) is 13.9. The van der Waals surface area contributed by atoms with Crippen LogP contribution in [0.1, 0.15) is 23.6 Å². The minimum absolute atomic E-state index is 0.0560. The van der Waals surface area contributed by atoms with Gasteiger partial charge in [-0.1, -0.05) is 76.6 Å². The number of methoxy groups -OCH3 is 1. The van der Waals surface area contributed by atoms with Crippen molar-refractivity contribution in [2.24, 2.45) is 11.8 Å². The molecule has 2 bridgehead atoms. The van der Waals surface area contributed by atoms with Gasteiger partial charge in [-0.05, 0) is 41.8 Å². The monoisotopic (exact) mass is 649 g/mol. The van der Waals surface area contributed by atoms with Gasteiger partial charge in [-0.15, -0.1) is 11.8 Å². The van der Waals surface area contributed by atoms with Gasteiger partial charge in [-0.3, -0.25) is 14.4 Å². The Hall–Kier alpha value is -3.34. The molecule has 0 radical (unpaired) electrons. The van der Waals surface area contributed by atoms with Gasteiger partial charge in [-0.2, -0.15) is 0 Å². The summed E-state index contributed by atoms with van der Waals surface area (Å²) in [5.74, 6) is -1.49. The molecule has 3 N–H and O–H groups in total. The summed E-state index contributed by atoms with van der Waals surface area (Å²) in [5, 5.41) is 16.5. The predicted octanol–water partition coefficient (Wildman–Crippen LogP) is 4.15. The fourth-order valence-electron chi connectivity index (χ4n) is 6.82. The van der Waals surface area contributed by atoms with Gasteiger partial charge in [0.2, 0.25) is 17.7 Å². The van der Waals surface area contributed by atoms with Crippen LogP contribution in [0.25, 0.3) is 0 Å². The van der Waals surface area contributed by atoms with E-state index >= 15 is 0 Å². The van der Waals surface area contributed by atoms with Gasteiger partial charge in [0.05, 0.1) is 36.3 Å². The second-order valence-corrected chi connectivity index (χ2v) is 13.7. The summed E-state index contributed by atoms with van der Waals surface area (Å²) in [5.41, 5.74) is 2.26. The van der Waals surface area contributed by atoms with E-state index in [9.17, 15) is 19.5 Å². The summed E-state index contributed by atoms with van der Waals surface area (Å²) < 4.78 is 4.41. The molecule has 0 aliphatic carbocycles. The van der Waals surface area contributed by atoms with Crippen LogP contribution in [0.5, 0.6) is 5.75 Å². The number of halogens is 1. The summed E-state index contributed by atoms with van der Waals surface area (Å²) in [6.45, 7) is -0.00955. The fourth-order valence-corrected chi connectivity index (χ4v) is 10.4. The van der Waals surface area contributed by atoms with Crippen molar-refractivity contribution in [2.45, 2.75) is 39.9 Å². The molecule has 0 aromatic heterocycles. The van der Waals surface area contributed by atoms with Crippen molar-refractivity contribution in [3.05, 3.63) is 96.1 Å². The second kappa shape index (κ2) is 11.7. The highest BCUT2D eigenvalue weighted by Gasteiger charge is 2.76. The van der Waals surface area contributed by atoms with Crippen LogP contribution in [0.4, 0.5) is 5.69 Å². The van der Waals surface area contributed by atoms with E-state index in [-0.39, 0.29) is 34.4 Å². The highest BCUT2D eigenvalue weighted by Crippen LogP contribution is 2.68. The van der Waals surface area contributed by atoms with Crippen molar-refractivity contribution in [3.8, 4) is 5.75 Å². The van der Waals surface area contributed by atoms with Crippen molar-refractivity contribution in [1.82, 2.24) is 10.2 Å². The van der Waals surface area contributed by atoms with E-state index in [1.165, 1.54) is 0 Å². The summed E-state index contributed by atoms with van der Waals surface area (Å²) >= 11 is 5.37. The Morgan fingerprint density at radius 2 is 1.71 bits per heavy atom. The molecule has 3 fully saturated rings. The standard InChI is InChI=1S/C32H32BrN3O5S/c1-41-22-14-12-21(13-15-22)35-30(39)28-32-16-23(33)27(42-32)25(29(38)34-17-19-8-4-2-5-9-19)26(32)31(40)36(28)24(18-37)20-10-6-3-7-11-20/h2-15,23-28,37H,16-18H2,1H3,(H,34,38)(H,35,39)/t23?,24-,25+,26+,27+,28?,32?/m1/s1. The van der Waals surface area contributed by atoms with Gasteiger partial charge in [-0.25, -0.2) is 0 Å². The number of carbonyl (C=O) groups is 3. The lowest BCUT2D eigenvalue weighted by Crippen LogP contribution is -2.53. The zero-order valence-corrected chi connectivity index (χ0v) is 25.4. The van der Waals surface area contributed by atoms with E-state index < -0.39 is 28.7 Å². The second-order valence-electron chi connectivity index (χ2n) is 10.9. The lowest BCUT2D eigenvalue weighted by Gasteiger charge is -2.37. The Morgan fingerprint density at radius 1 is 1.05 bits per heavy atom. The highest BCUT2D eigenvalue weighted by molar-refractivity contribution is 9.09. The van der Waals surface area contributed by atoms with Crippen molar-refractivity contribution in [3.63, 3.8) is 0 Å². The summed E-state index contributed by atoms with van der Waals surface area (Å²) in [6, 6.07) is 24.3. The van der Waals surface area contributed by atoms with Gasteiger partial charge in [0.25, 0.3) is 0 Å². The van der Waals surface area contributed by atoms with E-state index in [1.807, 2.05) is 60.7 Å². The van der Waals surface area contributed by atoms with Gasteiger partial charge in [0.15, 0.2) is 0 Å². The molecule has 1 spiro atoms. The normalized spacial score (nSPS) is 28.3. The molecule has 7 atom stereocenters. The number of rotatable bonds is 9. The maximum Gasteiger partial charge on any atom is 0.248 e. The van der Waals surface area contributed by atoms with E-state index in [2.05, 4.69) is 26.6 Å². The zero-order chi connectivity index (χ0) is 29.4. The summed E-state index contributed by atoms with van der Waals surface area (Å²) in [7, 11) is 1.57. The van der Waals surface area contributed by atoms with Crippen LogP contribution < -0.4 is 15.4 Å². The number of aliphatic hydroxyl groups is 1. The number of benzene rings is 3. The van der Waals surface area contributed by atoms with Crippen LogP contribution in [0.3, 0.4) is 0 Å². The lowest BCUT2D eigenvalue weighted by atomic mass is 9.70. The number of nitrogens with zero attached hydrogens (tertiary/aromatic N) is 1. The number of carbonyl (C=O) groups excluding carboxylic acids is 3. The van der Waals surface area contributed by atoms with E-state index in [0.29, 0.717) is 24.4 Å². The topological polar surface area (TPSA) is 108 Å². The van der Waals surface area contributed by atoms with Gasteiger partial charge < -0.3 is 25.4 Å². The largest absolute Gasteiger partial charge is 0.497 e. The van der Waals surface area contributed by atoms with E-state index in [0.717, 1.165) is 11.1 Å². The average Bonchev–Trinajstić information content (AvgIpc) is 3.61. The van der Waals surface area contributed by atoms with Crippen LogP contribution >= 0.6 is 27.7 Å². The molecule has 3 aromatic carbocycles. The molecule has 3 aliphatic heterocycles. The van der Waals surface area contributed by atoms with Crippen LogP contribution in [0, 0.1) is 11.8 Å². The lowest BCUT2D eigenvalue weighted by molar-refractivity contribution is -0.142. The number of anilines is 1. The SMILES string of the molecule is COc1ccc(NC(=O)C2N([C@H](CO)c3ccccc3)C(=O)[C@@H]3[C@H](C(=O)NCc4ccccc4)[C@H]4SC23CC4Br)cc1. The molecular formula is C32H32BrN3O5S. The van der Waals surface area contributed by atoms with Crippen LogP contribution in [0.15, 0.2) is 84.9 Å². The molecule has 3 aromatic rings. The smallest absolute Gasteiger partial charge is 0.248 e. The predicted molar refractivity (Wildman–Crippen MR) is 165 cm³/mol. The van der Waals surface area contributed by atoms with Crippen molar-refractivity contribution >= 4 is 51.1 Å². The van der Waals surface area contributed by atoms with Gasteiger partial charge >= 0.3 is 0 Å². The Bertz CT molecular complexity index is 1460. The number of ether oxygens (including phenoxy) is 1. The first-order chi connectivity index (χ1) is 20.4. The first-order valence-corrected chi connectivity index (χ1v) is 15.7. The van der Waals surface area contributed by atoms with E-state index in [4.69, 9.17) is 4.74 Å². The molecule has 218 valence electrons. The third kappa shape index (κ3) is 4.89. The molecule has 0 saturated carbocycles. The van der Waals surface area contributed by atoms with Crippen molar-refractivity contribution < 1.29 is 24.2 Å². The molecule has 3 unspecified atom stereocenters. The van der Waals surface area contributed by atoms with Crippen LogP contribution in [0.2, 0.25) is 0 Å². The Balaban J connectivity index is 1.37. The van der Waals surface area contributed by atoms with Crippen LogP contribution in [-0.4, -0.2) is 62.3 Å². The number of amides is 3. The maximum absolute atomic E-state index is 14.5. The number of hydrogen-bond donors (Lipinski definition) is 3. The molecule has 42 heavy (non-hydrogen) atoms. The highest BCUT2D eigenvalue weighted by atomic mass is 79.9. The van der Waals surface area contributed by atoms with Crippen molar-refractivity contribution in [2.75, 3.05) is 19.0 Å². The molecule has 10 heteroatoms. The molecule has 3 saturated heterocycles. The van der Waals surface area contributed by atoms with Crippen molar-refractivity contribution in [1.29, 1.82) is 0 Å². The summed E-state index contributed by atoms with van der Waals surface area (Å²) in [6.07, 6.45) is 0.547.